The Morgan fingerprint density at radius 3 is 2.45 bits per heavy atom. The van der Waals surface area contributed by atoms with Crippen LogP contribution < -0.4 is 5.32 Å². The maximum absolute atomic E-state index is 11.6. The fraction of sp³-hybridized carbons (Fsp3) is 0.562. The second-order valence-corrected chi connectivity index (χ2v) is 5.17. The Bertz CT molecular complexity index is 402. The van der Waals surface area contributed by atoms with E-state index in [0.717, 1.165) is 12.8 Å². The number of carbonyl (C=O) groups excluding carboxylic acids is 1. The van der Waals surface area contributed by atoms with E-state index >= 15 is 0 Å². The Morgan fingerprint density at radius 2 is 1.85 bits per heavy atom. The highest BCUT2D eigenvalue weighted by molar-refractivity contribution is 5.85. The van der Waals surface area contributed by atoms with Crippen LogP contribution in [-0.4, -0.2) is 19.1 Å². The van der Waals surface area contributed by atoms with E-state index < -0.39 is 0 Å². The predicted octanol–water partition coefficient (Wildman–Crippen LogP) is 3.42. The third kappa shape index (κ3) is 4.22. The molecule has 0 unspecified atom stereocenters. The molecule has 4 heteroatoms. The van der Waals surface area contributed by atoms with Crippen molar-refractivity contribution in [3.63, 3.8) is 0 Å². The molecule has 20 heavy (non-hydrogen) atoms. The monoisotopic (exact) mass is 297 g/mol. The van der Waals surface area contributed by atoms with Crippen molar-refractivity contribution in [2.75, 3.05) is 13.2 Å². The van der Waals surface area contributed by atoms with Crippen LogP contribution in [0.1, 0.15) is 44.6 Å². The van der Waals surface area contributed by atoms with Crippen molar-refractivity contribution >= 4 is 18.4 Å². The van der Waals surface area contributed by atoms with Gasteiger partial charge in [-0.25, -0.2) is 0 Å². The first-order valence-corrected chi connectivity index (χ1v) is 7.23. The number of benzene rings is 1. The number of esters is 1. The van der Waals surface area contributed by atoms with Gasteiger partial charge in [-0.2, -0.15) is 0 Å². The lowest BCUT2D eigenvalue weighted by atomic mass is 9.76. The molecule has 0 saturated heterocycles. The summed E-state index contributed by atoms with van der Waals surface area (Å²) in [5.74, 6) is -0.164. The number of ether oxygens (including phenoxy) is 1. The number of rotatable bonds is 5. The van der Waals surface area contributed by atoms with Crippen LogP contribution in [0.2, 0.25) is 0 Å². The van der Waals surface area contributed by atoms with Crippen molar-refractivity contribution in [3.8, 4) is 0 Å². The molecule has 0 amide bonds. The number of hydrogen-bond acceptors (Lipinski definition) is 3. The van der Waals surface area contributed by atoms with Crippen LogP contribution in [0.4, 0.5) is 0 Å². The first-order chi connectivity index (χ1) is 9.27. The van der Waals surface area contributed by atoms with Crippen LogP contribution in [0.3, 0.4) is 0 Å². The van der Waals surface area contributed by atoms with E-state index in [9.17, 15) is 4.79 Å². The molecular formula is C16H24ClNO2. The van der Waals surface area contributed by atoms with Gasteiger partial charge in [-0.3, -0.25) is 10.1 Å². The normalized spacial score (nSPS) is 17.1. The molecule has 1 N–H and O–H groups in total. The second kappa shape index (κ2) is 8.28. The first kappa shape index (κ1) is 17.0. The molecule has 0 radical (unpaired) electrons. The molecule has 0 aliphatic heterocycles. The van der Waals surface area contributed by atoms with Gasteiger partial charge in [0, 0.05) is 5.54 Å². The summed E-state index contributed by atoms with van der Waals surface area (Å²) in [7, 11) is 0. The number of halogens is 1. The number of hydrogen-bond donors (Lipinski definition) is 1. The highest BCUT2D eigenvalue weighted by atomic mass is 35.5. The quantitative estimate of drug-likeness (QED) is 0.846. The van der Waals surface area contributed by atoms with E-state index in [2.05, 4.69) is 29.6 Å². The van der Waals surface area contributed by atoms with E-state index in [1.807, 2.05) is 13.0 Å². The van der Waals surface area contributed by atoms with Gasteiger partial charge >= 0.3 is 5.97 Å². The maximum Gasteiger partial charge on any atom is 0.319 e. The third-order valence-corrected chi connectivity index (χ3v) is 3.91. The van der Waals surface area contributed by atoms with Crippen molar-refractivity contribution in [3.05, 3.63) is 35.9 Å². The number of nitrogens with one attached hydrogen (secondary N) is 1. The van der Waals surface area contributed by atoms with Crippen molar-refractivity contribution < 1.29 is 9.53 Å². The van der Waals surface area contributed by atoms with Crippen molar-refractivity contribution in [1.82, 2.24) is 5.32 Å². The molecule has 0 atom stereocenters. The minimum atomic E-state index is -0.164. The van der Waals surface area contributed by atoms with Gasteiger partial charge in [0.2, 0.25) is 0 Å². The van der Waals surface area contributed by atoms with Crippen LogP contribution in [0, 0.1) is 0 Å². The molecule has 3 nitrogen and oxygen atoms in total. The topological polar surface area (TPSA) is 38.3 Å². The molecule has 1 saturated carbocycles. The summed E-state index contributed by atoms with van der Waals surface area (Å²) < 4.78 is 5.01. The van der Waals surface area contributed by atoms with Crippen LogP contribution in [-0.2, 0) is 15.1 Å². The van der Waals surface area contributed by atoms with Crippen molar-refractivity contribution in [2.45, 2.75) is 44.6 Å². The Morgan fingerprint density at radius 1 is 1.20 bits per heavy atom. The van der Waals surface area contributed by atoms with Crippen LogP contribution >= 0.6 is 12.4 Å². The van der Waals surface area contributed by atoms with Gasteiger partial charge in [-0.05, 0) is 25.3 Å². The molecule has 1 aliphatic carbocycles. The van der Waals surface area contributed by atoms with Gasteiger partial charge in [0.05, 0.1) is 13.2 Å². The SMILES string of the molecule is CCOC(=O)CNC1(c2ccccc2)CCCCC1.Cl. The van der Waals surface area contributed by atoms with Gasteiger partial charge < -0.3 is 4.74 Å². The average molecular weight is 298 g/mol. The summed E-state index contributed by atoms with van der Waals surface area (Å²) in [5.41, 5.74) is 1.24. The summed E-state index contributed by atoms with van der Waals surface area (Å²) >= 11 is 0. The smallest absolute Gasteiger partial charge is 0.319 e. The maximum atomic E-state index is 11.6. The fourth-order valence-corrected chi connectivity index (χ4v) is 2.93. The molecule has 2 rings (SSSR count). The molecule has 1 aromatic rings. The van der Waals surface area contributed by atoms with Gasteiger partial charge in [-0.1, -0.05) is 49.6 Å². The van der Waals surface area contributed by atoms with E-state index in [1.165, 1.54) is 24.8 Å². The summed E-state index contributed by atoms with van der Waals surface area (Å²) in [6.07, 6.45) is 5.90. The molecular weight excluding hydrogens is 274 g/mol. The van der Waals surface area contributed by atoms with Crippen LogP contribution in [0.25, 0.3) is 0 Å². The van der Waals surface area contributed by atoms with Gasteiger partial charge in [-0.15, -0.1) is 12.4 Å². The third-order valence-electron chi connectivity index (χ3n) is 3.91. The molecule has 1 aliphatic rings. The second-order valence-electron chi connectivity index (χ2n) is 5.17. The lowest BCUT2D eigenvalue weighted by Gasteiger charge is -2.38. The highest BCUT2D eigenvalue weighted by Gasteiger charge is 2.33. The van der Waals surface area contributed by atoms with Gasteiger partial charge in [0.25, 0.3) is 0 Å². The Labute approximate surface area is 127 Å². The first-order valence-electron chi connectivity index (χ1n) is 7.23. The molecule has 0 spiro atoms. The minimum absolute atomic E-state index is 0. The molecule has 0 bridgehead atoms. The largest absolute Gasteiger partial charge is 0.465 e. The summed E-state index contributed by atoms with van der Waals surface area (Å²) in [6.45, 7) is 2.58. The predicted molar refractivity (Wildman–Crippen MR) is 83.1 cm³/mol. The van der Waals surface area contributed by atoms with E-state index in [4.69, 9.17) is 4.74 Å². The lowest BCUT2D eigenvalue weighted by molar-refractivity contribution is -0.142. The van der Waals surface area contributed by atoms with Gasteiger partial charge in [0.15, 0.2) is 0 Å². The minimum Gasteiger partial charge on any atom is -0.465 e. The zero-order valence-corrected chi connectivity index (χ0v) is 12.9. The summed E-state index contributed by atoms with van der Waals surface area (Å²) in [6, 6.07) is 10.5. The average Bonchev–Trinajstić information content (AvgIpc) is 2.47. The van der Waals surface area contributed by atoms with E-state index in [1.54, 1.807) is 0 Å². The molecule has 1 aromatic carbocycles. The Balaban J connectivity index is 0.00000200. The van der Waals surface area contributed by atoms with E-state index in [0.29, 0.717) is 13.2 Å². The molecule has 112 valence electrons. The van der Waals surface area contributed by atoms with Crippen LogP contribution in [0.5, 0.6) is 0 Å². The zero-order valence-electron chi connectivity index (χ0n) is 12.1. The highest BCUT2D eigenvalue weighted by Crippen LogP contribution is 2.36. The summed E-state index contributed by atoms with van der Waals surface area (Å²) in [4.78, 5) is 11.6. The molecule has 1 fully saturated rings. The molecule has 0 aromatic heterocycles. The Kier molecular flexibility index (Phi) is 7.03. The van der Waals surface area contributed by atoms with Crippen LogP contribution in [0.15, 0.2) is 30.3 Å². The zero-order chi connectivity index (χ0) is 13.6. The standard InChI is InChI=1S/C16H23NO2.ClH/c1-2-19-15(18)13-17-16(11-7-4-8-12-16)14-9-5-3-6-10-14;/h3,5-6,9-10,17H,2,4,7-8,11-13H2,1H3;1H. The van der Waals surface area contributed by atoms with Crippen molar-refractivity contribution in [1.29, 1.82) is 0 Å². The number of carbonyl (C=O) groups is 1. The lowest BCUT2D eigenvalue weighted by Crippen LogP contribution is -2.46. The Hall–Kier alpha value is -1.06. The van der Waals surface area contributed by atoms with E-state index in [-0.39, 0.29) is 23.9 Å². The summed E-state index contributed by atoms with van der Waals surface area (Å²) in [5, 5.41) is 3.46. The van der Waals surface area contributed by atoms with Crippen molar-refractivity contribution in [2.24, 2.45) is 0 Å². The molecule has 0 heterocycles. The van der Waals surface area contributed by atoms with Gasteiger partial charge in [0.1, 0.15) is 0 Å². The fourth-order valence-electron chi connectivity index (χ4n) is 2.93.